The van der Waals surface area contributed by atoms with Gasteiger partial charge in [-0.05, 0) is 33.7 Å². The molecule has 1 N–H and O–H groups in total. The molecule has 4 heteroatoms. The zero-order chi connectivity index (χ0) is 12.7. The van der Waals surface area contributed by atoms with Crippen LogP contribution in [0.4, 0.5) is 0 Å². The Morgan fingerprint density at radius 3 is 2.53 bits per heavy atom. The Kier molecular flexibility index (Phi) is 5.91. The number of nitrogens with one attached hydrogen (secondary N) is 1. The lowest BCUT2D eigenvalue weighted by molar-refractivity contribution is -0.131. The average molecular weight is 237 g/mol. The molecule has 0 unspecified atom stereocenters. The zero-order valence-electron chi connectivity index (χ0n) is 11.1. The van der Waals surface area contributed by atoms with Gasteiger partial charge in [0.2, 0.25) is 5.91 Å². The van der Waals surface area contributed by atoms with Gasteiger partial charge in [-0.1, -0.05) is 6.08 Å². The lowest BCUT2D eigenvalue weighted by Gasteiger charge is -2.31. The van der Waals surface area contributed by atoms with Crippen LogP contribution in [0.2, 0.25) is 0 Å². The summed E-state index contributed by atoms with van der Waals surface area (Å²) in [5, 5.41) is 3.26. The summed E-state index contributed by atoms with van der Waals surface area (Å²) in [5.41, 5.74) is 0.855. The van der Waals surface area contributed by atoms with Gasteiger partial charge in [0.15, 0.2) is 0 Å². The first-order chi connectivity index (χ1) is 8.21. The quantitative estimate of drug-likeness (QED) is 0.755. The van der Waals surface area contributed by atoms with E-state index in [4.69, 9.17) is 0 Å². The molecule has 4 nitrogen and oxygen atoms in total. The Bertz CT molecular complexity index is 302. The third kappa shape index (κ3) is 4.30. The summed E-state index contributed by atoms with van der Waals surface area (Å²) in [7, 11) is 1.98. The molecule has 0 saturated carbocycles. The van der Waals surface area contributed by atoms with Crippen LogP contribution >= 0.6 is 0 Å². The topological polar surface area (TPSA) is 44.7 Å². The molecule has 0 aromatic rings. The number of carbonyl (C=O) groups is 1. The first-order valence-electron chi connectivity index (χ1n) is 6.30. The van der Waals surface area contributed by atoms with E-state index < -0.39 is 0 Å². The summed E-state index contributed by atoms with van der Waals surface area (Å²) in [5.74, 6) is 0.193. The third-order valence-corrected chi connectivity index (χ3v) is 3.22. The smallest absolute Gasteiger partial charge is 0.228 e. The van der Waals surface area contributed by atoms with Gasteiger partial charge in [-0.25, -0.2) is 0 Å². The molecule has 1 aliphatic rings. The number of piperidine rings is 1. The van der Waals surface area contributed by atoms with Crippen molar-refractivity contribution < 1.29 is 4.79 Å². The highest BCUT2D eigenvalue weighted by molar-refractivity contribution is 5.79. The van der Waals surface area contributed by atoms with Crippen molar-refractivity contribution >= 4 is 12.1 Å². The average Bonchev–Trinajstić information content (AvgIpc) is 2.38. The summed E-state index contributed by atoms with van der Waals surface area (Å²) in [6.45, 7) is 5.50. The SMILES string of the molecule is CC=N/C(=C\C)CC(=O)N1CCC(NC)CC1. The van der Waals surface area contributed by atoms with Gasteiger partial charge in [0.1, 0.15) is 0 Å². The standard InChI is InChI=1S/C13H23N3O/c1-4-11(15-5-2)10-13(17)16-8-6-12(14-3)7-9-16/h4-5,12,14H,6-10H2,1-3H3/b11-4-,15-5?. The molecule has 1 rings (SSSR count). The number of aliphatic imine (C=N–C) groups is 1. The highest BCUT2D eigenvalue weighted by Crippen LogP contribution is 2.13. The van der Waals surface area contributed by atoms with Crippen LogP contribution in [0, 0.1) is 0 Å². The third-order valence-electron chi connectivity index (χ3n) is 3.22. The Hall–Kier alpha value is -1.16. The van der Waals surface area contributed by atoms with Gasteiger partial charge in [0.25, 0.3) is 0 Å². The fraction of sp³-hybridized carbons (Fsp3) is 0.692. The van der Waals surface area contributed by atoms with E-state index in [9.17, 15) is 4.79 Å². The minimum Gasteiger partial charge on any atom is -0.342 e. The van der Waals surface area contributed by atoms with E-state index in [1.807, 2.05) is 31.9 Å². The fourth-order valence-electron chi connectivity index (χ4n) is 2.07. The molecule has 1 fully saturated rings. The van der Waals surface area contributed by atoms with Gasteiger partial charge in [-0.3, -0.25) is 9.79 Å². The van der Waals surface area contributed by atoms with Crippen LogP contribution in [-0.2, 0) is 4.79 Å². The molecule has 0 spiro atoms. The Morgan fingerprint density at radius 2 is 2.06 bits per heavy atom. The van der Waals surface area contributed by atoms with Crippen LogP contribution in [0.25, 0.3) is 0 Å². The minimum atomic E-state index is 0.193. The van der Waals surface area contributed by atoms with Gasteiger partial charge < -0.3 is 10.2 Å². The number of hydrogen-bond donors (Lipinski definition) is 1. The number of hydrogen-bond acceptors (Lipinski definition) is 3. The fourth-order valence-corrected chi connectivity index (χ4v) is 2.07. The van der Waals surface area contributed by atoms with Crippen molar-refractivity contribution in [2.45, 2.75) is 39.2 Å². The van der Waals surface area contributed by atoms with E-state index in [2.05, 4.69) is 10.3 Å². The van der Waals surface area contributed by atoms with Gasteiger partial charge in [0.05, 0.1) is 6.42 Å². The summed E-state index contributed by atoms with van der Waals surface area (Å²) in [4.78, 5) is 18.2. The predicted octanol–water partition coefficient (Wildman–Crippen LogP) is 1.58. The molecule has 0 radical (unpaired) electrons. The molecule has 1 saturated heterocycles. The monoisotopic (exact) mass is 237 g/mol. The molecule has 17 heavy (non-hydrogen) atoms. The van der Waals surface area contributed by atoms with Crippen LogP contribution in [0.15, 0.2) is 16.8 Å². The van der Waals surface area contributed by atoms with E-state index in [0.717, 1.165) is 31.6 Å². The van der Waals surface area contributed by atoms with Gasteiger partial charge in [0, 0.05) is 31.0 Å². The lowest BCUT2D eigenvalue weighted by atomic mass is 10.0. The van der Waals surface area contributed by atoms with E-state index in [-0.39, 0.29) is 5.91 Å². The predicted molar refractivity (Wildman–Crippen MR) is 71.2 cm³/mol. The summed E-state index contributed by atoms with van der Waals surface area (Å²) >= 11 is 0. The molecular formula is C13H23N3O. The van der Waals surface area contributed by atoms with Crippen molar-refractivity contribution in [3.05, 3.63) is 11.8 Å². The Balaban J connectivity index is 2.44. The molecule has 0 aromatic carbocycles. The molecule has 0 aromatic heterocycles. The van der Waals surface area contributed by atoms with E-state index in [0.29, 0.717) is 12.5 Å². The van der Waals surface area contributed by atoms with Gasteiger partial charge >= 0.3 is 0 Å². The molecule has 0 atom stereocenters. The van der Waals surface area contributed by atoms with Crippen LogP contribution in [-0.4, -0.2) is 43.2 Å². The number of carbonyl (C=O) groups excluding carboxylic acids is 1. The van der Waals surface area contributed by atoms with Crippen molar-refractivity contribution in [1.82, 2.24) is 10.2 Å². The normalized spacial score (nSPS) is 19.0. The summed E-state index contributed by atoms with van der Waals surface area (Å²) < 4.78 is 0. The molecule has 1 heterocycles. The highest BCUT2D eigenvalue weighted by atomic mass is 16.2. The van der Waals surface area contributed by atoms with Crippen molar-refractivity contribution in [2.24, 2.45) is 4.99 Å². The molecule has 1 aliphatic heterocycles. The molecule has 0 aliphatic carbocycles. The molecule has 96 valence electrons. The van der Waals surface area contributed by atoms with Crippen molar-refractivity contribution in [2.75, 3.05) is 20.1 Å². The second-order valence-electron chi connectivity index (χ2n) is 4.29. The second-order valence-corrected chi connectivity index (χ2v) is 4.29. The lowest BCUT2D eigenvalue weighted by Crippen LogP contribution is -2.43. The van der Waals surface area contributed by atoms with Crippen LogP contribution < -0.4 is 5.32 Å². The maximum absolute atomic E-state index is 12.0. The van der Waals surface area contributed by atoms with Gasteiger partial charge in [-0.15, -0.1) is 0 Å². The van der Waals surface area contributed by atoms with E-state index in [1.54, 1.807) is 6.21 Å². The molecule has 1 amide bonds. The van der Waals surface area contributed by atoms with Gasteiger partial charge in [-0.2, -0.15) is 0 Å². The van der Waals surface area contributed by atoms with E-state index >= 15 is 0 Å². The maximum Gasteiger partial charge on any atom is 0.228 e. The van der Waals surface area contributed by atoms with E-state index in [1.165, 1.54) is 0 Å². The number of amides is 1. The Labute approximate surface area is 104 Å². The Morgan fingerprint density at radius 1 is 1.41 bits per heavy atom. The first kappa shape index (κ1) is 13.9. The van der Waals surface area contributed by atoms with Crippen molar-refractivity contribution in [3.63, 3.8) is 0 Å². The zero-order valence-corrected chi connectivity index (χ0v) is 11.1. The van der Waals surface area contributed by atoms with Crippen molar-refractivity contribution in [1.29, 1.82) is 0 Å². The number of allylic oxidation sites excluding steroid dienone is 1. The maximum atomic E-state index is 12.0. The number of nitrogens with zero attached hydrogens (tertiary/aromatic N) is 2. The summed E-state index contributed by atoms with van der Waals surface area (Å²) in [6, 6.07) is 0.564. The molecule has 0 bridgehead atoms. The second kappa shape index (κ2) is 7.22. The van der Waals surface area contributed by atoms with Crippen LogP contribution in [0.1, 0.15) is 33.1 Å². The number of likely N-dealkylation sites (tertiary alicyclic amines) is 1. The number of rotatable bonds is 4. The van der Waals surface area contributed by atoms with Crippen molar-refractivity contribution in [3.8, 4) is 0 Å². The summed E-state index contributed by atoms with van der Waals surface area (Å²) in [6.07, 6.45) is 6.15. The minimum absolute atomic E-state index is 0.193. The van der Waals surface area contributed by atoms with Crippen LogP contribution in [0.5, 0.6) is 0 Å². The molecular weight excluding hydrogens is 214 g/mol. The van der Waals surface area contributed by atoms with Crippen LogP contribution in [0.3, 0.4) is 0 Å². The highest BCUT2D eigenvalue weighted by Gasteiger charge is 2.21. The largest absolute Gasteiger partial charge is 0.342 e. The first-order valence-corrected chi connectivity index (χ1v) is 6.30.